The van der Waals surface area contributed by atoms with Crippen LogP contribution < -0.4 is 14.9 Å². The van der Waals surface area contributed by atoms with E-state index in [0.717, 1.165) is 17.7 Å². The summed E-state index contributed by atoms with van der Waals surface area (Å²) in [6.45, 7) is 3.76. The number of anilines is 2. The highest BCUT2D eigenvalue weighted by atomic mass is 32.2. The Balaban J connectivity index is 1.52. The second-order valence-electron chi connectivity index (χ2n) is 7.01. The van der Waals surface area contributed by atoms with Crippen molar-refractivity contribution in [3.8, 4) is 0 Å². The molecule has 0 fully saturated rings. The van der Waals surface area contributed by atoms with Crippen molar-refractivity contribution in [1.82, 2.24) is 4.72 Å². The van der Waals surface area contributed by atoms with Gasteiger partial charge in [0.15, 0.2) is 0 Å². The first-order valence-electron chi connectivity index (χ1n) is 9.18. The molecule has 0 saturated heterocycles. The lowest BCUT2D eigenvalue weighted by molar-refractivity contribution is -0.117. The third-order valence-corrected chi connectivity index (χ3v) is 6.38. The first-order chi connectivity index (χ1) is 13.8. The van der Waals surface area contributed by atoms with Gasteiger partial charge in [-0.1, -0.05) is 12.1 Å². The van der Waals surface area contributed by atoms with Crippen LogP contribution in [0.1, 0.15) is 25.0 Å². The topological polar surface area (TPSA) is 108 Å². The van der Waals surface area contributed by atoms with E-state index in [1.165, 1.54) is 13.0 Å². The van der Waals surface area contributed by atoms with Crippen molar-refractivity contribution < 1.29 is 18.0 Å². The number of amides is 2. The second kappa shape index (κ2) is 7.00. The number of sulfonamides is 1. The molecule has 0 aromatic heterocycles. The van der Waals surface area contributed by atoms with Gasteiger partial charge in [0.25, 0.3) is 10.0 Å². The van der Waals surface area contributed by atoms with E-state index in [1.54, 1.807) is 36.1 Å². The minimum absolute atomic E-state index is 0.00993. The molecule has 150 valence electrons. The zero-order valence-electron chi connectivity index (χ0n) is 16.0. The number of nitrogens with one attached hydrogen (secondary N) is 2. The van der Waals surface area contributed by atoms with Gasteiger partial charge in [-0.15, -0.1) is 0 Å². The highest BCUT2D eigenvalue weighted by molar-refractivity contribution is 7.90. The van der Waals surface area contributed by atoms with Crippen LogP contribution in [0, 0.1) is 0 Å². The first-order valence-corrected chi connectivity index (χ1v) is 10.7. The van der Waals surface area contributed by atoms with Crippen LogP contribution in [-0.2, 0) is 26.0 Å². The molecule has 0 bridgehead atoms. The third kappa shape index (κ3) is 3.49. The van der Waals surface area contributed by atoms with Gasteiger partial charge in [0.2, 0.25) is 11.8 Å². The normalized spacial score (nSPS) is 18.7. The standard InChI is InChI=1S/C20H20N4O4S/c1-12(21-19-16-5-3-4-6-18(16)29(27,28)23-19)20(26)22-15-7-8-17-14(11-15)9-10-24(17)13(2)25/h3-8,11-12H,9-10H2,1-2H3,(H,21,23)(H,22,26). The fourth-order valence-electron chi connectivity index (χ4n) is 3.54. The van der Waals surface area contributed by atoms with Crippen LogP contribution in [0.25, 0.3) is 0 Å². The van der Waals surface area contributed by atoms with Gasteiger partial charge < -0.3 is 10.2 Å². The summed E-state index contributed by atoms with van der Waals surface area (Å²) < 4.78 is 26.7. The lowest BCUT2D eigenvalue weighted by atomic mass is 10.1. The van der Waals surface area contributed by atoms with E-state index in [2.05, 4.69) is 15.0 Å². The summed E-state index contributed by atoms with van der Waals surface area (Å²) in [6, 6.07) is 11.1. The molecule has 0 radical (unpaired) electrons. The first kappa shape index (κ1) is 19.1. The van der Waals surface area contributed by atoms with Crippen molar-refractivity contribution in [2.24, 2.45) is 4.99 Å². The summed E-state index contributed by atoms with van der Waals surface area (Å²) in [5.41, 5.74) is 2.92. The summed E-state index contributed by atoms with van der Waals surface area (Å²) in [5, 5.41) is 2.81. The maximum Gasteiger partial charge on any atom is 0.263 e. The molecule has 8 nitrogen and oxygen atoms in total. The molecule has 2 aromatic rings. The van der Waals surface area contributed by atoms with Crippen LogP contribution in [0.15, 0.2) is 52.4 Å². The number of aliphatic imine (C=N–C) groups is 1. The molecule has 0 aliphatic carbocycles. The Bertz CT molecular complexity index is 1160. The smallest absolute Gasteiger partial charge is 0.263 e. The fraction of sp³-hybridized carbons (Fsp3) is 0.250. The molecule has 2 aliphatic rings. The Kier molecular flexibility index (Phi) is 4.62. The molecule has 0 spiro atoms. The molecular formula is C20H20N4O4S. The molecule has 2 heterocycles. The number of hydrogen-bond acceptors (Lipinski definition) is 5. The number of amidine groups is 1. The number of carbonyl (C=O) groups excluding carboxylic acids is 2. The van der Waals surface area contributed by atoms with Crippen molar-refractivity contribution in [1.29, 1.82) is 0 Å². The van der Waals surface area contributed by atoms with Crippen LogP contribution >= 0.6 is 0 Å². The number of benzene rings is 2. The van der Waals surface area contributed by atoms with E-state index in [0.29, 0.717) is 17.8 Å². The predicted octanol–water partition coefficient (Wildman–Crippen LogP) is 1.66. The number of hydrogen-bond donors (Lipinski definition) is 2. The van der Waals surface area contributed by atoms with Gasteiger partial charge in [-0.05, 0) is 49.2 Å². The van der Waals surface area contributed by atoms with Gasteiger partial charge in [0.05, 0.1) is 4.90 Å². The Labute approximate surface area is 168 Å². The molecule has 2 N–H and O–H groups in total. The van der Waals surface area contributed by atoms with Crippen LogP contribution in [0.2, 0.25) is 0 Å². The van der Waals surface area contributed by atoms with Crippen molar-refractivity contribution >= 4 is 39.0 Å². The predicted molar refractivity (Wildman–Crippen MR) is 110 cm³/mol. The largest absolute Gasteiger partial charge is 0.324 e. The lowest BCUT2D eigenvalue weighted by Gasteiger charge is -2.15. The Hall–Kier alpha value is -3.20. The molecule has 2 aliphatic heterocycles. The van der Waals surface area contributed by atoms with E-state index in [-0.39, 0.29) is 22.5 Å². The average molecular weight is 412 g/mol. The molecule has 1 atom stereocenters. The van der Waals surface area contributed by atoms with Gasteiger partial charge >= 0.3 is 0 Å². The van der Waals surface area contributed by atoms with Gasteiger partial charge in [0.1, 0.15) is 11.9 Å². The Morgan fingerprint density at radius 2 is 1.97 bits per heavy atom. The van der Waals surface area contributed by atoms with Crippen molar-refractivity contribution in [3.05, 3.63) is 53.6 Å². The lowest BCUT2D eigenvalue weighted by Crippen LogP contribution is -2.29. The zero-order chi connectivity index (χ0) is 20.8. The molecule has 2 aromatic carbocycles. The average Bonchev–Trinajstić information content (AvgIpc) is 3.20. The molecule has 2 amide bonds. The zero-order valence-corrected chi connectivity index (χ0v) is 16.8. The summed E-state index contributed by atoms with van der Waals surface area (Å²) >= 11 is 0. The third-order valence-electron chi connectivity index (χ3n) is 4.99. The molecule has 29 heavy (non-hydrogen) atoms. The monoisotopic (exact) mass is 412 g/mol. The number of nitrogens with zero attached hydrogens (tertiary/aromatic N) is 2. The minimum Gasteiger partial charge on any atom is -0.324 e. The number of carbonyl (C=O) groups is 2. The van der Waals surface area contributed by atoms with Gasteiger partial charge in [0, 0.05) is 30.4 Å². The highest BCUT2D eigenvalue weighted by Crippen LogP contribution is 2.30. The van der Waals surface area contributed by atoms with E-state index in [9.17, 15) is 18.0 Å². The van der Waals surface area contributed by atoms with Crippen LogP contribution in [-0.4, -0.2) is 38.7 Å². The van der Waals surface area contributed by atoms with Crippen LogP contribution in [0.4, 0.5) is 11.4 Å². The molecule has 1 unspecified atom stereocenters. The van der Waals surface area contributed by atoms with Gasteiger partial charge in [-0.25, -0.2) is 8.42 Å². The molecule has 9 heteroatoms. The van der Waals surface area contributed by atoms with Gasteiger partial charge in [-0.3, -0.25) is 19.3 Å². The highest BCUT2D eigenvalue weighted by Gasteiger charge is 2.31. The van der Waals surface area contributed by atoms with Gasteiger partial charge in [-0.2, -0.15) is 0 Å². The summed E-state index contributed by atoms with van der Waals surface area (Å²) in [7, 11) is -3.65. The number of rotatable bonds is 3. The quantitative estimate of drug-likeness (QED) is 0.799. The summed E-state index contributed by atoms with van der Waals surface area (Å²) in [4.78, 5) is 30.4. The summed E-state index contributed by atoms with van der Waals surface area (Å²) in [6.07, 6.45) is 0.731. The molecule has 0 saturated carbocycles. The van der Waals surface area contributed by atoms with Crippen molar-refractivity contribution in [3.63, 3.8) is 0 Å². The Morgan fingerprint density at radius 3 is 2.72 bits per heavy atom. The Morgan fingerprint density at radius 1 is 1.21 bits per heavy atom. The minimum atomic E-state index is -3.65. The fourth-order valence-corrected chi connectivity index (χ4v) is 4.77. The van der Waals surface area contributed by atoms with E-state index >= 15 is 0 Å². The van der Waals surface area contributed by atoms with Crippen molar-refractivity contribution in [2.45, 2.75) is 31.2 Å². The maximum absolute atomic E-state index is 12.6. The summed E-state index contributed by atoms with van der Waals surface area (Å²) in [5.74, 6) is -0.207. The molecular weight excluding hydrogens is 392 g/mol. The maximum atomic E-state index is 12.6. The molecule has 4 rings (SSSR count). The van der Waals surface area contributed by atoms with E-state index < -0.39 is 16.1 Å². The van der Waals surface area contributed by atoms with E-state index in [1.807, 2.05) is 12.1 Å². The SMILES string of the molecule is CC(=O)N1CCc2cc(NC(=O)C(C)N=C3NS(=O)(=O)c4ccccc43)ccc21. The second-order valence-corrected chi connectivity index (χ2v) is 8.66. The number of fused-ring (bicyclic) bond motifs is 2. The van der Waals surface area contributed by atoms with Crippen LogP contribution in [0.5, 0.6) is 0 Å². The van der Waals surface area contributed by atoms with Crippen molar-refractivity contribution in [2.75, 3.05) is 16.8 Å². The van der Waals surface area contributed by atoms with Crippen LogP contribution in [0.3, 0.4) is 0 Å². The van der Waals surface area contributed by atoms with E-state index in [4.69, 9.17) is 0 Å².